The Hall–Kier alpha value is -1.72. The van der Waals surface area contributed by atoms with Crippen LogP contribution in [0.2, 0.25) is 0 Å². The molecule has 3 atom stereocenters. The van der Waals surface area contributed by atoms with Crippen LogP contribution in [-0.4, -0.2) is 5.11 Å². The Bertz CT molecular complexity index is 763. The van der Waals surface area contributed by atoms with Gasteiger partial charge in [0.2, 0.25) is 0 Å². The fourth-order valence-electron chi connectivity index (χ4n) is 4.58. The lowest BCUT2D eigenvalue weighted by Gasteiger charge is -2.43. The number of hydrogen-bond donors (Lipinski definition) is 1. The van der Waals surface area contributed by atoms with Crippen molar-refractivity contribution >= 4 is 11.3 Å². The molecule has 20 heavy (non-hydrogen) atoms. The normalized spacial score (nSPS) is 34.2. The highest BCUT2D eigenvalue weighted by molar-refractivity contribution is 5.59. The Morgan fingerprint density at radius 1 is 1.35 bits per heavy atom. The van der Waals surface area contributed by atoms with Crippen molar-refractivity contribution in [1.82, 2.24) is 0 Å². The van der Waals surface area contributed by atoms with Crippen molar-refractivity contribution in [3.05, 3.63) is 46.9 Å². The molecule has 3 aliphatic carbocycles. The Kier molecular flexibility index (Phi) is 2.35. The van der Waals surface area contributed by atoms with Crippen molar-refractivity contribution in [3.8, 4) is 5.75 Å². The number of rotatable bonds is 0. The van der Waals surface area contributed by atoms with Crippen molar-refractivity contribution in [1.29, 1.82) is 0 Å². The molecule has 0 saturated heterocycles. The maximum absolute atomic E-state index is 9.64. The summed E-state index contributed by atoms with van der Waals surface area (Å²) in [7, 11) is 0. The molecule has 3 aliphatic rings. The van der Waals surface area contributed by atoms with Gasteiger partial charge in [-0.05, 0) is 60.4 Å². The Balaban J connectivity index is 1.92. The predicted molar refractivity (Wildman–Crippen MR) is 81.4 cm³/mol. The number of fused-ring (bicyclic) bond motifs is 4. The van der Waals surface area contributed by atoms with E-state index < -0.39 is 0 Å². The van der Waals surface area contributed by atoms with Gasteiger partial charge in [0.05, 0.1) is 0 Å². The first-order chi connectivity index (χ1) is 9.59. The second-order valence-corrected chi connectivity index (χ2v) is 6.76. The van der Waals surface area contributed by atoms with Crippen LogP contribution in [0.1, 0.15) is 32.6 Å². The predicted octanol–water partition coefficient (Wildman–Crippen LogP) is 2.87. The molecule has 0 aromatic heterocycles. The summed E-state index contributed by atoms with van der Waals surface area (Å²) in [6.07, 6.45) is 7.05. The first-order valence-corrected chi connectivity index (χ1v) is 7.57. The Morgan fingerprint density at radius 2 is 2.20 bits per heavy atom. The third-order valence-electron chi connectivity index (χ3n) is 5.90. The van der Waals surface area contributed by atoms with E-state index in [0.29, 0.717) is 23.0 Å². The van der Waals surface area contributed by atoms with Crippen molar-refractivity contribution in [2.24, 2.45) is 17.3 Å². The van der Waals surface area contributed by atoms with Gasteiger partial charge in [0, 0.05) is 11.1 Å². The van der Waals surface area contributed by atoms with Gasteiger partial charge < -0.3 is 5.11 Å². The molecule has 0 heterocycles. The molecule has 0 spiro atoms. The molecule has 102 valence electrons. The largest absolute Gasteiger partial charge is 0.508 e. The van der Waals surface area contributed by atoms with Crippen molar-refractivity contribution in [2.45, 2.75) is 32.6 Å². The maximum Gasteiger partial charge on any atom is 0.116 e. The van der Waals surface area contributed by atoms with Gasteiger partial charge in [0.15, 0.2) is 0 Å². The average molecular weight is 264 g/mol. The Morgan fingerprint density at radius 3 is 3.05 bits per heavy atom. The van der Waals surface area contributed by atoms with E-state index in [4.69, 9.17) is 0 Å². The molecule has 1 nitrogen and oxygen atoms in total. The molecule has 0 radical (unpaired) electrons. The molecule has 0 bridgehead atoms. The van der Waals surface area contributed by atoms with Gasteiger partial charge in [-0.2, -0.15) is 0 Å². The molecule has 4 rings (SSSR count). The summed E-state index contributed by atoms with van der Waals surface area (Å²) >= 11 is 0. The van der Waals surface area contributed by atoms with Crippen LogP contribution in [-0.2, 0) is 0 Å². The van der Waals surface area contributed by atoms with E-state index in [-0.39, 0.29) is 0 Å². The minimum atomic E-state index is 0.320. The van der Waals surface area contributed by atoms with Crippen LogP contribution >= 0.6 is 0 Å². The average Bonchev–Trinajstić information content (AvgIpc) is 2.74. The summed E-state index contributed by atoms with van der Waals surface area (Å²) in [5.41, 5.74) is 6.73. The molecular weight excluding hydrogens is 244 g/mol. The highest BCUT2D eigenvalue weighted by atomic mass is 16.3. The zero-order valence-electron chi connectivity index (χ0n) is 11.9. The number of hydrogen-bond acceptors (Lipinski definition) is 1. The molecule has 2 fully saturated rings. The molecule has 0 aliphatic heterocycles. The summed E-state index contributed by atoms with van der Waals surface area (Å²) in [6, 6.07) is 5.70. The fraction of sp³-hybridized carbons (Fsp3) is 0.421. The van der Waals surface area contributed by atoms with E-state index >= 15 is 0 Å². The highest BCUT2D eigenvalue weighted by Gasteiger charge is 2.48. The minimum Gasteiger partial charge on any atom is -0.508 e. The molecule has 1 heteroatoms. The number of phenolic OH excluding ortho intramolecular Hbond substituents is 1. The van der Waals surface area contributed by atoms with Gasteiger partial charge in [-0.1, -0.05) is 30.7 Å². The van der Waals surface area contributed by atoms with E-state index in [1.807, 2.05) is 6.07 Å². The molecule has 0 amide bonds. The monoisotopic (exact) mass is 264 g/mol. The number of allylic oxidation sites excluding steroid dienone is 2. The molecule has 0 unspecified atom stereocenters. The van der Waals surface area contributed by atoms with Gasteiger partial charge in [0.25, 0.3) is 0 Å². The van der Waals surface area contributed by atoms with Crippen LogP contribution in [0.5, 0.6) is 5.75 Å². The Labute approximate surface area is 119 Å². The zero-order chi connectivity index (χ0) is 13.9. The van der Waals surface area contributed by atoms with E-state index in [1.54, 1.807) is 11.6 Å². The standard InChI is InChI=1S/C19H20O/c1-12-3-8-18-17-6-4-13-11-14(20)5-7-15(13)16(17)9-10-19(12,18)2/h5-7,11,17-18,20H,1,3,8-10H2,2H3/t17-,18+,19-/m1/s1. The van der Waals surface area contributed by atoms with Gasteiger partial charge in [-0.25, -0.2) is 0 Å². The van der Waals surface area contributed by atoms with Crippen LogP contribution in [0.15, 0.2) is 36.4 Å². The minimum absolute atomic E-state index is 0.320. The molecular formula is C19H20O. The van der Waals surface area contributed by atoms with E-state index in [2.05, 4.69) is 31.4 Å². The second kappa shape index (κ2) is 3.90. The summed E-state index contributed by atoms with van der Waals surface area (Å²) in [5.74, 6) is 1.54. The van der Waals surface area contributed by atoms with Crippen molar-refractivity contribution in [2.75, 3.05) is 0 Å². The zero-order valence-corrected chi connectivity index (χ0v) is 11.9. The summed E-state index contributed by atoms with van der Waals surface area (Å²) < 4.78 is 0. The fourth-order valence-corrected chi connectivity index (χ4v) is 4.58. The quantitative estimate of drug-likeness (QED) is 0.714. The van der Waals surface area contributed by atoms with Gasteiger partial charge in [-0.3, -0.25) is 0 Å². The molecule has 1 aromatic rings. The molecule has 1 aromatic carbocycles. The lowest BCUT2D eigenvalue weighted by atomic mass is 9.61. The lowest BCUT2D eigenvalue weighted by Crippen LogP contribution is -2.40. The van der Waals surface area contributed by atoms with Gasteiger partial charge in [-0.15, -0.1) is 5.73 Å². The number of benzene rings is 1. The van der Waals surface area contributed by atoms with E-state index in [1.165, 1.54) is 30.1 Å². The first-order valence-electron chi connectivity index (χ1n) is 7.57. The van der Waals surface area contributed by atoms with Crippen LogP contribution in [0, 0.1) is 17.3 Å². The maximum atomic E-state index is 9.64. The summed E-state index contributed by atoms with van der Waals surface area (Å²) in [5, 5.41) is 12.0. The third kappa shape index (κ3) is 1.45. The van der Waals surface area contributed by atoms with Crippen LogP contribution in [0.25, 0.3) is 11.3 Å². The highest BCUT2D eigenvalue weighted by Crippen LogP contribution is 2.58. The van der Waals surface area contributed by atoms with Crippen molar-refractivity contribution < 1.29 is 5.11 Å². The SMILES string of the molecule is C=C1CC[C@H]2[C@@H]3C=C=c4cc(O)ccc4=C3CC[C@]12C. The lowest BCUT2D eigenvalue weighted by molar-refractivity contribution is 0.203. The first kappa shape index (κ1) is 12.1. The summed E-state index contributed by atoms with van der Waals surface area (Å²) in [4.78, 5) is 0. The van der Waals surface area contributed by atoms with Gasteiger partial charge in [0.1, 0.15) is 5.75 Å². The number of phenols is 1. The van der Waals surface area contributed by atoms with Gasteiger partial charge >= 0.3 is 0 Å². The van der Waals surface area contributed by atoms with Crippen LogP contribution in [0.3, 0.4) is 0 Å². The molecule has 1 N–H and O–H groups in total. The summed E-state index contributed by atoms with van der Waals surface area (Å²) in [6.45, 7) is 6.73. The van der Waals surface area contributed by atoms with Crippen molar-refractivity contribution in [3.63, 3.8) is 0 Å². The topological polar surface area (TPSA) is 20.2 Å². The third-order valence-corrected chi connectivity index (χ3v) is 5.90. The second-order valence-electron chi connectivity index (χ2n) is 6.76. The van der Waals surface area contributed by atoms with Crippen LogP contribution < -0.4 is 10.4 Å². The number of aromatic hydroxyl groups is 1. The smallest absolute Gasteiger partial charge is 0.116 e. The van der Waals surface area contributed by atoms with E-state index in [9.17, 15) is 5.11 Å². The van der Waals surface area contributed by atoms with Crippen LogP contribution in [0.4, 0.5) is 0 Å². The van der Waals surface area contributed by atoms with E-state index in [0.717, 1.165) is 11.6 Å². The molecule has 2 saturated carbocycles.